The SMILES string of the molecule is CC(C)C(=O)N(CC[NH+](C)C)Cc1cc(NC(=O)C2CC2)ccc1N(C)C. The Bertz CT molecular complexity index is 666. The van der Waals surface area contributed by atoms with Crippen LogP contribution in [0, 0.1) is 11.8 Å². The highest BCUT2D eigenvalue weighted by atomic mass is 16.2. The molecule has 1 aromatic carbocycles. The van der Waals surface area contributed by atoms with Gasteiger partial charge < -0.3 is 20.0 Å². The average Bonchev–Trinajstić information content (AvgIpc) is 3.42. The summed E-state index contributed by atoms with van der Waals surface area (Å²) in [5, 5.41) is 3.02. The number of anilines is 2. The molecule has 0 aliphatic heterocycles. The first-order valence-corrected chi connectivity index (χ1v) is 9.88. The van der Waals surface area contributed by atoms with Gasteiger partial charge in [-0.2, -0.15) is 0 Å². The summed E-state index contributed by atoms with van der Waals surface area (Å²) in [6, 6.07) is 5.98. The Hall–Kier alpha value is -2.08. The first-order chi connectivity index (χ1) is 12.7. The third-order valence-electron chi connectivity index (χ3n) is 4.83. The van der Waals surface area contributed by atoms with Gasteiger partial charge in [0, 0.05) is 43.9 Å². The predicted octanol–water partition coefficient (Wildman–Crippen LogP) is 1.23. The molecule has 6 nitrogen and oxygen atoms in total. The first-order valence-electron chi connectivity index (χ1n) is 9.88. The molecule has 6 heteroatoms. The molecule has 0 atom stereocenters. The lowest BCUT2D eigenvalue weighted by atomic mass is 10.1. The van der Waals surface area contributed by atoms with E-state index >= 15 is 0 Å². The number of carbonyl (C=O) groups is 2. The highest BCUT2D eigenvalue weighted by molar-refractivity contribution is 5.94. The Morgan fingerprint density at radius 3 is 2.41 bits per heavy atom. The van der Waals surface area contributed by atoms with E-state index in [-0.39, 0.29) is 23.7 Å². The van der Waals surface area contributed by atoms with E-state index in [1.165, 1.54) is 4.90 Å². The van der Waals surface area contributed by atoms with Crippen molar-refractivity contribution in [2.45, 2.75) is 33.2 Å². The van der Waals surface area contributed by atoms with E-state index in [1.807, 2.05) is 51.0 Å². The van der Waals surface area contributed by atoms with Crippen molar-refractivity contribution < 1.29 is 14.5 Å². The largest absolute Gasteiger partial charge is 0.377 e. The van der Waals surface area contributed by atoms with Crippen LogP contribution >= 0.6 is 0 Å². The predicted molar refractivity (Wildman–Crippen MR) is 110 cm³/mol. The van der Waals surface area contributed by atoms with Crippen molar-refractivity contribution in [3.8, 4) is 0 Å². The molecule has 1 aromatic rings. The van der Waals surface area contributed by atoms with Crippen LogP contribution in [0.1, 0.15) is 32.3 Å². The molecule has 1 saturated carbocycles. The zero-order valence-electron chi connectivity index (χ0n) is 17.6. The zero-order chi connectivity index (χ0) is 20.1. The molecule has 1 aliphatic rings. The van der Waals surface area contributed by atoms with E-state index in [0.717, 1.165) is 36.3 Å². The summed E-state index contributed by atoms with van der Waals surface area (Å²) in [6.45, 7) is 6.04. The monoisotopic (exact) mass is 375 g/mol. The number of quaternary nitrogens is 1. The van der Waals surface area contributed by atoms with Gasteiger partial charge in [-0.15, -0.1) is 0 Å². The normalized spacial score (nSPS) is 13.8. The number of rotatable bonds is 9. The second-order valence-electron chi connectivity index (χ2n) is 8.37. The number of hydrogen-bond acceptors (Lipinski definition) is 3. The molecule has 1 fully saturated rings. The summed E-state index contributed by atoms with van der Waals surface area (Å²) in [7, 11) is 8.19. The second kappa shape index (κ2) is 9.22. The first kappa shape index (κ1) is 21.2. The van der Waals surface area contributed by atoms with E-state index in [9.17, 15) is 9.59 Å². The van der Waals surface area contributed by atoms with E-state index in [1.54, 1.807) is 0 Å². The maximum absolute atomic E-state index is 12.7. The van der Waals surface area contributed by atoms with Crippen LogP contribution in [0.5, 0.6) is 0 Å². The summed E-state index contributed by atoms with van der Waals surface area (Å²) in [5.41, 5.74) is 2.93. The minimum Gasteiger partial charge on any atom is -0.377 e. The lowest BCUT2D eigenvalue weighted by molar-refractivity contribution is -0.857. The Labute approximate surface area is 163 Å². The molecule has 0 aromatic heterocycles. The topological polar surface area (TPSA) is 57.1 Å². The lowest BCUT2D eigenvalue weighted by Gasteiger charge is -2.28. The van der Waals surface area contributed by atoms with Gasteiger partial charge >= 0.3 is 0 Å². The molecule has 1 aliphatic carbocycles. The molecule has 27 heavy (non-hydrogen) atoms. The third-order valence-corrected chi connectivity index (χ3v) is 4.83. The van der Waals surface area contributed by atoms with Crippen molar-refractivity contribution >= 4 is 23.2 Å². The molecule has 150 valence electrons. The fourth-order valence-electron chi connectivity index (χ4n) is 3.01. The van der Waals surface area contributed by atoms with Gasteiger partial charge in [-0.25, -0.2) is 0 Å². The summed E-state index contributed by atoms with van der Waals surface area (Å²) in [5.74, 6) is 0.394. The number of nitrogens with zero attached hydrogens (tertiary/aromatic N) is 2. The quantitative estimate of drug-likeness (QED) is 0.683. The van der Waals surface area contributed by atoms with Gasteiger partial charge in [0.05, 0.1) is 27.2 Å². The van der Waals surface area contributed by atoms with Crippen LogP contribution < -0.4 is 15.1 Å². The van der Waals surface area contributed by atoms with Crippen LogP contribution in [-0.2, 0) is 16.1 Å². The Morgan fingerprint density at radius 2 is 1.89 bits per heavy atom. The van der Waals surface area contributed by atoms with Crippen molar-refractivity contribution in [2.24, 2.45) is 11.8 Å². The standard InChI is InChI=1S/C21H34N4O2/c1-15(2)21(27)25(12-11-23(3)4)14-17-13-18(9-10-19(17)24(5)6)22-20(26)16-7-8-16/h9-10,13,15-16H,7-8,11-12,14H2,1-6H3,(H,22,26)/p+1. The van der Waals surface area contributed by atoms with Gasteiger partial charge in [0.25, 0.3) is 0 Å². The molecule has 0 unspecified atom stereocenters. The van der Waals surface area contributed by atoms with Crippen molar-refractivity contribution in [2.75, 3.05) is 51.5 Å². The zero-order valence-corrected chi connectivity index (χ0v) is 17.6. The van der Waals surface area contributed by atoms with Crippen molar-refractivity contribution in [3.63, 3.8) is 0 Å². The second-order valence-corrected chi connectivity index (χ2v) is 8.37. The van der Waals surface area contributed by atoms with Crippen LogP contribution in [-0.4, -0.2) is 58.0 Å². The highest BCUT2D eigenvalue weighted by Gasteiger charge is 2.29. The molecule has 0 spiro atoms. The number of carbonyl (C=O) groups excluding carboxylic acids is 2. The maximum atomic E-state index is 12.7. The summed E-state index contributed by atoms with van der Waals surface area (Å²) in [4.78, 5) is 30.2. The number of hydrogen-bond donors (Lipinski definition) is 2. The molecular weight excluding hydrogens is 340 g/mol. The number of nitrogens with one attached hydrogen (secondary N) is 2. The molecule has 0 radical (unpaired) electrons. The Balaban J connectivity index is 2.24. The Kier molecular flexibility index (Phi) is 7.25. The van der Waals surface area contributed by atoms with Gasteiger partial charge in [-0.3, -0.25) is 9.59 Å². The fourth-order valence-corrected chi connectivity index (χ4v) is 3.01. The highest BCUT2D eigenvalue weighted by Crippen LogP contribution is 2.31. The van der Waals surface area contributed by atoms with Crippen LogP contribution in [0.25, 0.3) is 0 Å². The van der Waals surface area contributed by atoms with Gasteiger partial charge in [0.2, 0.25) is 11.8 Å². The minimum atomic E-state index is -0.0391. The van der Waals surface area contributed by atoms with E-state index in [2.05, 4.69) is 24.3 Å². The van der Waals surface area contributed by atoms with E-state index in [0.29, 0.717) is 13.1 Å². The molecule has 0 saturated heterocycles. The number of likely N-dealkylation sites (N-methyl/N-ethyl adjacent to an activating group) is 1. The summed E-state index contributed by atoms with van der Waals surface area (Å²) < 4.78 is 0. The lowest BCUT2D eigenvalue weighted by Crippen LogP contribution is -3.06. The van der Waals surface area contributed by atoms with Crippen molar-refractivity contribution in [1.29, 1.82) is 0 Å². The fraction of sp³-hybridized carbons (Fsp3) is 0.619. The average molecular weight is 376 g/mol. The van der Waals surface area contributed by atoms with Gasteiger partial charge in [-0.05, 0) is 36.6 Å². The molecule has 0 heterocycles. The van der Waals surface area contributed by atoms with Crippen molar-refractivity contribution in [3.05, 3.63) is 23.8 Å². The van der Waals surface area contributed by atoms with Gasteiger partial charge in [0.1, 0.15) is 0 Å². The maximum Gasteiger partial charge on any atom is 0.227 e. The van der Waals surface area contributed by atoms with Crippen LogP contribution in [0.2, 0.25) is 0 Å². The van der Waals surface area contributed by atoms with Gasteiger partial charge in [-0.1, -0.05) is 13.8 Å². The smallest absolute Gasteiger partial charge is 0.227 e. The van der Waals surface area contributed by atoms with Crippen LogP contribution in [0.3, 0.4) is 0 Å². The van der Waals surface area contributed by atoms with Crippen LogP contribution in [0.4, 0.5) is 11.4 Å². The molecule has 0 bridgehead atoms. The molecule has 2 amide bonds. The number of benzene rings is 1. The van der Waals surface area contributed by atoms with Crippen molar-refractivity contribution in [1.82, 2.24) is 4.90 Å². The minimum absolute atomic E-state index is 0.0391. The van der Waals surface area contributed by atoms with Gasteiger partial charge in [0.15, 0.2) is 0 Å². The Morgan fingerprint density at radius 1 is 1.22 bits per heavy atom. The molecule has 2 N–H and O–H groups in total. The number of amides is 2. The molecule has 2 rings (SSSR count). The van der Waals surface area contributed by atoms with E-state index < -0.39 is 0 Å². The third kappa shape index (κ3) is 6.24. The van der Waals surface area contributed by atoms with E-state index in [4.69, 9.17) is 0 Å². The molecular formula is C21H35N4O2+. The summed E-state index contributed by atoms with van der Waals surface area (Å²) in [6.07, 6.45) is 1.97. The van der Waals surface area contributed by atoms with Crippen LogP contribution in [0.15, 0.2) is 18.2 Å². The summed E-state index contributed by atoms with van der Waals surface area (Å²) >= 11 is 0.